The average Bonchev–Trinajstić information content (AvgIpc) is 2.93. The summed E-state index contributed by atoms with van der Waals surface area (Å²) in [5.41, 5.74) is 0.339. The van der Waals surface area contributed by atoms with E-state index in [-0.39, 0.29) is 41.5 Å². The summed E-state index contributed by atoms with van der Waals surface area (Å²) >= 11 is 0. The van der Waals surface area contributed by atoms with Crippen LogP contribution in [0.4, 0.5) is 5.69 Å². The van der Waals surface area contributed by atoms with Gasteiger partial charge in [-0.1, -0.05) is 55.4 Å². The van der Waals surface area contributed by atoms with Gasteiger partial charge in [0.15, 0.2) is 6.29 Å². The Kier molecular flexibility index (Phi) is 10.2. The molecule has 1 saturated heterocycles. The van der Waals surface area contributed by atoms with Crippen LogP contribution in [0.15, 0.2) is 24.3 Å². The third-order valence-electron chi connectivity index (χ3n) is 5.25. The summed E-state index contributed by atoms with van der Waals surface area (Å²) in [6.45, 7) is 20.3. The molecule has 1 aliphatic rings. The summed E-state index contributed by atoms with van der Waals surface area (Å²) in [4.78, 5) is 27.4. The zero-order valence-electron chi connectivity index (χ0n) is 21.2. The molecule has 3 unspecified atom stereocenters. The van der Waals surface area contributed by atoms with Gasteiger partial charge < -0.3 is 9.47 Å². The quantitative estimate of drug-likeness (QED) is 0.349. The molecule has 176 valence electrons. The fourth-order valence-corrected chi connectivity index (χ4v) is 4.01. The number of rotatable bonds is 8. The molecule has 0 N–H and O–H groups in total. The molecule has 0 radical (unpaired) electrons. The lowest BCUT2D eigenvalue weighted by molar-refractivity contribution is -0.124. The fraction of sp³-hybridized carbons (Fsp3) is 0.692. The Hall–Kier alpha value is -1.88. The van der Waals surface area contributed by atoms with Crippen molar-refractivity contribution in [3.8, 4) is 5.75 Å². The Morgan fingerprint density at radius 2 is 1.52 bits per heavy atom. The van der Waals surface area contributed by atoms with Gasteiger partial charge in [0.25, 0.3) is 0 Å². The molecule has 0 spiro atoms. The highest BCUT2D eigenvalue weighted by Crippen LogP contribution is 2.42. The van der Waals surface area contributed by atoms with Crippen LogP contribution in [0, 0.1) is 23.2 Å². The minimum absolute atomic E-state index is 0.0678. The molecule has 3 atom stereocenters. The van der Waals surface area contributed by atoms with E-state index >= 15 is 0 Å². The standard InChI is InChI=1S/C24H37NO4.C2H6/c1-9-19-21(24(6,7)8)23(27)25(22(19)26)17-10-12-18(13-11-17)29-20(14-15(2)3)28-16(4)5;1-2/h10-13,15-16,19-21H,9,14H2,1-8H3;1-2H3. The number of carbonyl (C=O) groups excluding carboxylic acids is 2. The minimum Gasteiger partial charge on any atom is -0.465 e. The number of hydrogen-bond acceptors (Lipinski definition) is 4. The van der Waals surface area contributed by atoms with Crippen molar-refractivity contribution in [2.75, 3.05) is 4.90 Å². The van der Waals surface area contributed by atoms with Gasteiger partial charge in [0.05, 0.1) is 23.6 Å². The first kappa shape index (κ1) is 27.2. The third-order valence-corrected chi connectivity index (χ3v) is 5.25. The second-order valence-electron chi connectivity index (χ2n) is 9.73. The number of anilines is 1. The van der Waals surface area contributed by atoms with Crippen LogP contribution in [-0.4, -0.2) is 24.2 Å². The number of hydrogen-bond donors (Lipinski definition) is 0. The van der Waals surface area contributed by atoms with Crippen molar-refractivity contribution in [3.05, 3.63) is 24.3 Å². The lowest BCUT2D eigenvalue weighted by atomic mass is 9.73. The number of ether oxygens (including phenoxy) is 2. The zero-order valence-corrected chi connectivity index (χ0v) is 21.2. The summed E-state index contributed by atoms with van der Waals surface area (Å²) in [5.74, 6) is 0.326. The largest absolute Gasteiger partial charge is 0.465 e. The molecule has 1 fully saturated rings. The first-order valence-corrected chi connectivity index (χ1v) is 11.8. The number of amides is 2. The van der Waals surface area contributed by atoms with Crippen LogP contribution in [0.5, 0.6) is 5.75 Å². The van der Waals surface area contributed by atoms with Crippen LogP contribution in [0.3, 0.4) is 0 Å². The molecule has 0 aliphatic carbocycles. The highest BCUT2D eigenvalue weighted by molar-refractivity contribution is 6.22. The maximum Gasteiger partial charge on any atom is 0.238 e. The van der Waals surface area contributed by atoms with E-state index in [0.29, 0.717) is 23.8 Å². The smallest absolute Gasteiger partial charge is 0.238 e. The molecule has 31 heavy (non-hydrogen) atoms. The topological polar surface area (TPSA) is 55.8 Å². The van der Waals surface area contributed by atoms with E-state index in [9.17, 15) is 9.59 Å². The number of benzene rings is 1. The molecule has 1 heterocycles. The highest BCUT2D eigenvalue weighted by atomic mass is 16.7. The van der Waals surface area contributed by atoms with Gasteiger partial charge in [0, 0.05) is 6.42 Å². The van der Waals surface area contributed by atoms with Gasteiger partial charge in [-0.3, -0.25) is 14.5 Å². The summed E-state index contributed by atoms with van der Waals surface area (Å²) < 4.78 is 11.9. The van der Waals surface area contributed by atoms with Crippen molar-refractivity contribution in [2.45, 2.75) is 94.5 Å². The molecule has 5 nitrogen and oxygen atoms in total. The van der Waals surface area contributed by atoms with Crippen LogP contribution in [-0.2, 0) is 14.3 Å². The van der Waals surface area contributed by atoms with Crippen LogP contribution < -0.4 is 9.64 Å². The molecule has 1 aromatic rings. The molecule has 1 aromatic carbocycles. The van der Waals surface area contributed by atoms with E-state index in [1.807, 2.05) is 55.4 Å². The van der Waals surface area contributed by atoms with E-state index in [1.54, 1.807) is 24.3 Å². The average molecular weight is 434 g/mol. The third kappa shape index (κ3) is 7.06. The minimum atomic E-state index is -0.328. The van der Waals surface area contributed by atoms with Crippen molar-refractivity contribution in [1.29, 1.82) is 0 Å². The Morgan fingerprint density at radius 3 is 1.90 bits per heavy atom. The summed E-state index contributed by atoms with van der Waals surface area (Å²) in [6, 6.07) is 7.17. The predicted molar refractivity (Wildman–Crippen MR) is 127 cm³/mol. The monoisotopic (exact) mass is 433 g/mol. The van der Waals surface area contributed by atoms with E-state index in [1.165, 1.54) is 4.90 Å². The number of carbonyl (C=O) groups is 2. The Morgan fingerprint density at radius 1 is 0.968 bits per heavy atom. The summed E-state index contributed by atoms with van der Waals surface area (Å²) in [7, 11) is 0. The van der Waals surface area contributed by atoms with E-state index in [2.05, 4.69) is 13.8 Å². The zero-order chi connectivity index (χ0) is 23.9. The highest BCUT2D eigenvalue weighted by Gasteiger charge is 2.51. The molecule has 0 aromatic heterocycles. The molecule has 2 rings (SSSR count). The molecule has 1 aliphatic heterocycles. The Labute approximate surface area is 189 Å². The molecule has 0 bridgehead atoms. The van der Waals surface area contributed by atoms with E-state index < -0.39 is 0 Å². The lowest BCUT2D eigenvalue weighted by Gasteiger charge is -2.28. The van der Waals surface area contributed by atoms with Crippen molar-refractivity contribution >= 4 is 17.5 Å². The van der Waals surface area contributed by atoms with Crippen LogP contribution in [0.2, 0.25) is 0 Å². The Bertz CT molecular complexity index is 693. The van der Waals surface area contributed by atoms with Crippen molar-refractivity contribution < 1.29 is 19.1 Å². The molecular formula is C26H43NO4. The maximum absolute atomic E-state index is 13.1. The first-order valence-electron chi connectivity index (χ1n) is 11.8. The van der Waals surface area contributed by atoms with Gasteiger partial charge in [0.2, 0.25) is 11.8 Å². The van der Waals surface area contributed by atoms with E-state index in [4.69, 9.17) is 9.47 Å². The first-order chi connectivity index (χ1) is 14.5. The molecule has 5 heteroatoms. The van der Waals surface area contributed by atoms with Gasteiger partial charge in [0.1, 0.15) is 5.75 Å². The van der Waals surface area contributed by atoms with Crippen molar-refractivity contribution in [2.24, 2.45) is 23.2 Å². The van der Waals surface area contributed by atoms with Crippen LogP contribution in [0.1, 0.15) is 82.1 Å². The normalized spacial score (nSPS) is 20.2. The van der Waals surface area contributed by atoms with Gasteiger partial charge in [-0.2, -0.15) is 0 Å². The van der Waals surface area contributed by atoms with Crippen molar-refractivity contribution in [1.82, 2.24) is 0 Å². The fourth-order valence-electron chi connectivity index (χ4n) is 4.01. The molecular weight excluding hydrogens is 390 g/mol. The predicted octanol–water partition coefficient (Wildman–Crippen LogP) is 6.45. The lowest BCUT2D eigenvalue weighted by Crippen LogP contribution is -2.34. The van der Waals surface area contributed by atoms with Gasteiger partial charge in [-0.25, -0.2) is 0 Å². The Balaban J connectivity index is 0.00000233. The maximum atomic E-state index is 13.1. The van der Waals surface area contributed by atoms with Crippen molar-refractivity contribution in [3.63, 3.8) is 0 Å². The molecule has 0 saturated carbocycles. The number of imide groups is 1. The second-order valence-corrected chi connectivity index (χ2v) is 9.73. The van der Waals surface area contributed by atoms with Gasteiger partial charge >= 0.3 is 0 Å². The van der Waals surface area contributed by atoms with E-state index in [0.717, 1.165) is 6.42 Å². The van der Waals surface area contributed by atoms with Gasteiger partial charge in [-0.05, 0) is 55.9 Å². The van der Waals surface area contributed by atoms with Gasteiger partial charge in [-0.15, -0.1) is 0 Å². The molecule has 2 amide bonds. The number of nitrogens with zero attached hydrogens (tertiary/aromatic N) is 1. The summed E-state index contributed by atoms with van der Waals surface area (Å²) in [6.07, 6.45) is 1.19. The van der Waals surface area contributed by atoms with Crippen LogP contribution >= 0.6 is 0 Å². The second kappa shape index (κ2) is 11.7. The van der Waals surface area contributed by atoms with Crippen LogP contribution in [0.25, 0.3) is 0 Å². The summed E-state index contributed by atoms with van der Waals surface area (Å²) in [5, 5.41) is 0. The SMILES string of the molecule is CC.CCC1C(=O)N(c2ccc(OC(CC(C)C)OC(C)C)cc2)C(=O)C1C(C)(C)C.